The number of carbonyl (C=O) groups excluding carboxylic acids is 1. The molecule has 11 heteroatoms. The average molecular weight is 506 g/mol. The lowest BCUT2D eigenvalue weighted by Gasteiger charge is -2.15. The maximum Gasteiger partial charge on any atom is 0.255 e. The molecular weight excluding hydrogens is 474 g/mol. The van der Waals surface area contributed by atoms with Crippen molar-refractivity contribution in [1.29, 1.82) is 5.26 Å². The zero-order valence-electron chi connectivity index (χ0n) is 21.3. The Bertz CT molecular complexity index is 1430. The quantitative estimate of drug-likeness (QED) is 0.258. The van der Waals surface area contributed by atoms with Crippen molar-refractivity contribution in [1.82, 2.24) is 29.2 Å². The molecule has 0 aromatic carbocycles. The van der Waals surface area contributed by atoms with Crippen LogP contribution in [-0.4, -0.2) is 64.3 Å². The molecule has 0 spiro atoms. The van der Waals surface area contributed by atoms with Crippen LogP contribution in [0.4, 0.5) is 0 Å². The Labute approximate surface area is 210 Å². The van der Waals surface area contributed by atoms with Crippen molar-refractivity contribution in [2.75, 3.05) is 20.3 Å². The van der Waals surface area contributed by atoms with Crippen LogP contribution >= 0.6 is 0 Å². The number of aromatic nitrogens is 5. The fourth-order valence-corrected chi connectivity index (χ4v) is 4.57. The van der Waals surface area contributed by atoms with Crippen molar-refractivity contribution in [3.05, 3.63) is 48.0 Å². The van der Waals surface area contributed by atoms with Gasteiger partial charge in [-0.05, 0) is 25.1 Å². The van der Waals surface area contributed by atoms with Crippen LogP contribution in [0.5, 0.6) is 0 Å². The largest absolute Gasteiger partial charge is 0.383 e. The number of imidazole rings is 1. The normalized spacial score (nSPS) is 12.7. The van der Waals surface area contributed by atoms with E-state index in [1.807, 2.05) is 15.9 Å². The number of rotatable bonds is 10. The number of nitriles is 1. The summed E-state index contributed by atoms with van der Waals surface area (Å²) in [5.41, 5.74) is 3.89. The Hall–Kier alpha value is -3.59. The Morgan fingerprint density at radius 1 is 1.28 bits per heavy atom. The van der Waals surface area contributed by atoms with Crippen LogP contribution in [-0.2, 0) is 16.2 Å². The fourth-order valence-electron chi connectivity index (χ4n) is 3.81. The van der Waals surface area contributed by atoms with Crippen molar-refractivity contribution < 1.29 is 14.3 Å². The van der Waals surface area contributed by atoms with Gasteiger partial charge in [0.25, 0.3) is 5.91 Å². The average Bonchev–Trinajstić information content (AvgIpc) is 3.42. The molecule has 0 saturated carbocycles. The Kier molecular flexibility index (Phi) is 7.49. The third kappa shape index (κ3) is 5.62. The third-order valence-corrected chi connectivity index (χ3v) is 7.44. The van der Waals surface area contributed by atoms with Crippen LogP contribution in [0.2, 0.25) is 25.7 Å². The van der Waals surface area contributed by atoms with E-state index in [2.05, 4.69) is 41.0 Å². The van der Waals surface area contributed by atoms with Gasteiger partial charge in [-0.1, -0.05) is 19.6 Å². The predicted octanol–water partition coefficient (Wildman–Crippen LogP) is 3.69. The van der Waals surface area contributed by atoms with Crippen LogP contribution in [0.3, 0.4) is 0 Å². The molecule has 0 fully saturated rings. The van der Waals surface area contributed by atoms with Gasteiger partial charge in [0.2, 0.25) is 0 Å². The highest BCUT2D eigenvalue weighted by Crippen LogP contribution is 2.24. The monoisotopic (exact) mass is 505 g/mol. The van der Waals surface area contributed by atoms with Gasteiger partial charge in [0.1, 0.15) is 23.6 Å². The molecule has 0 saturated heterocycles. The van der Waals surface area contributed by atoms with Gasteiger partial charge in [-0.2, -0.15) is 5.26 Å². The topological polar surface area (TPSA) is 119 Å². The predicted molar refractivity (Wildman–Crippen MR) is 139 cm³/mol. The number of methoxy groups -OCH3 is 1. The molecular formula is C25H31N7O3Si. The van der Waals surface area contributed by atoms with Crippen molar-refractivity contribution in [2.45, 2.75) is 45.4 Å². The second kappa shape index (κ2) is 10.6. The van der Waals surface area contributed by atoms with Gasteiger partial charge >= 0.3 is 0 Å². The first kappa shape index (κ1) is 25.5. The van der Waals surface area contributed by atoms with Gasteiger partial charge in [-0.3, -0.25) is 9.20 Å². The second-order valence-electron chi connectivity index (χ2n) is 10.0. The first-order valence-corrected chi connectivity index (χ1v) is 15.5. The number of fused-ring (bicyclic) bond motifs is 2. The van der Waals surface area contributed by atoms with Crippen molar-refractivity contribution in [3.63, 3.8) is 0 Å². The SMILES string of the molecule is COC[C@H](C)NC(=O)c1cn(COCC[Si](C)(C)C)c2ncc(-c3cnc4cc(C#N)ccn34)nc12. The number of ether oxygens (including phenoxy) is 2. The van der Waals surface area contributed by atoms with Crippen molar-refractivity contribution in [3.8, 4) is 17.5 Å². The van der Waals surface area contributed by atoms with Gasteiger partial charge in [0, 0.05) is 40.2 Å². The third-order valence-electron chi connectivity index (χ3n) is 5.74. The molecule has 4 aromatic heterocycles. The summed E-state index contributed by atoms with van der Waals surface area (Å²) in [6.07, 6.45) is 6.87. The Balaban J connectivity index is 1.71. The molecule has 0 aliphatic rings. The van der Waals surface area contributed by atoms with Gasteiger partial charge in [-0.15, -0.1) is 0 Å². The summed E-state index contributed by atoms with van der Waals surface area (Å²) in [6, 6.07) is 6.43. The van der Waals surface area contributed by atoms with Gasteiger partial charge in [-0.25, -0.2) is 15.0 Å². The maximum absolute atomic E-state index is 13.2. The molecule has 1 N–H and O–H groups in total. The molecule has 4 heterocycles. The summed E-state index contributed by atoms with van der Waals surface area (Å²) in [6.45, 7) is 10.1. The van der Waals surface area contributed by atoms with Gasteiger partial charge < -0.3 is 19.4 Å². The van der Waals surface area contributed by atoms with E-state index in [0.717, 1.165) is 6.04 Å². The van der Waals surface area contributed by atoms with Crippen LogP contribution in [0.1, 0.15) is 22.8 Å². The summed E-state index contributed by atoms with van der Waals surface area (Å²) >= 11 is 0. The summed E-state index contributed by atoms with van der Waals surface area (Å²) < 4.78 is 14.8. The minimum Gasteiger partial charge on any atom is -0.383 e. The molecule has 10 nitrogen and oxygen atoms in total. The lowest BCUT2D eigenvalue weighted by atomic mass is 10.2. The second-order valence-corrected chi connectivity index (χ2v) is 15.6. The van der Waals surface area contributed by atoms with Crippen LogP contribution in [0, 0.1) is 11.3 Å². The molecule has 0 unspecified atom stereocenters. The van der Waals surface area contributed by atoms with E-state index >= 15 is 0 Å². The van der Waals surface area contributed by atoms with Crippen LogP contribution < -0.4 is 5.32 Å². The lowest BCUT2D eigenvalue weighted by molar-refractivity contribution is 0.0881. The maximum atomic E-state index is 13.2. The molecule has 0 aliphatic carbocycles. The van der Waals surface area contributed by atoms with E-state index in [1.165, 1.54) is 0 Å². The molecule has 36 heavy (non-hydrogen) atoms. The molecule has 188 valence electrons. The zero-order valence-corrected chi connectivity index (χ0v) is 22.3. The summed E-state index contributed by atoms with van der Waals surface area (Å²) in [7, 11) is 0.377. The number of pyridine rings is 1. The number of nitrogens with one attached hydrogen (secondary N) is 1. The number of hydrogen-bond donors (Lipinski definition) is 1. The summed E-state index contributed by atoms with van der Waals surface area (Å²) in [4.78, 5) is 27.1. The van der Waals surface area contributed by atoms with E-state index < -0.39 is 8.07 Å². The van der Waals surface area contributed by atoms with E-state index in [4.69, 9.17) is 14.5 Å². The zero-order chi connectivity index (χ0) is 25.9. The van der Waals surface area contributed by atoms with Crippen molar-refractivity contribution >= 4 is 30.8 Å². The smallest absolute Gasteiger partial charge is 0.255 e. The van der Waals surface area contributed by atoms with E-state index in [0.29, 0.717) is 52.5 Å². The molecule has 4 aromatic rings. The van der Waals surface area contributed by atoms with E-state index in [1.54, 1.807) is 44.0 Å². The molecule has 0 radical (unpaired) electrons. The van der Waals surface area contributed by atoms with Crippen LogP contribution in [0.25, 0.3) is 28.2 Å². The highest BCUT2D eigenvalue weighted by Gasteiger charge is 2.21. The number of amides is 1. The Morgan fingerprint density at radius 2 is 2.08 bits per heavy atom. The van der Waals surface area contributed by atoms with E-state index in [9.17, 15) is 10.1 Å². The molecule has 0 aliphatic heterocycles. The van der Waals surface area contributed by atoms with Crippen molar-refractivity contribution in [2.24, 2.45) is 0 Å². The molecule has 4 rings (SSSR count). The van der Waals surface area contributed by atoms with E-state index in [-0.39, 0.29) is 18.7 Å². The number of nitrogens with zero attached hydrogens (tertiary/aromatic N) is 6. The van der Waals surface area contributed by atoms with Crippen LogP contribution in [0.15, 0.2) is 36.9 Å². The summed E-state index contributed by atoms with van der Waals surface area (Å²) in [5.74, 6) is -0.256. The number of hydrogen-bond acceptors (Lipinski definition) is 7. The highest BCUT2D eigenvalue weighted by atomic mass is 28.3. The van der Waals surface area contributed by atoms with Gasteiger partial charge in [0.05, 0.1) is 41.9 Å². The molecule has 1 atom stereocenters. The summed E-state index contributed by atoms with van der Waals surface area (Å²) in [5, 5.41) is 12.1. The lowest BCUT2D eigenvalue weighted by Crippen LogP contribution is -2.35. The first-order chi connectivity index (χ1) is 17.2. The molecule has 0 bridgehead atoms. The number of carbonyl (C=O) groups is 1. The standard InChI is InChI=1S/C25H31N7O3Si/c1-17(15-34-2)29-25(33)19-14-31(16-35-8-9-36(3,4)5)24-23(19)30-20(12-28-24)21-13-27-22-10-18(11-26)6-7-32(21)22/h6-7,10,12-14,17H,8-9,15-16H2,1-5H3,(H,29,33)/t17-/m0/s1. The minimum atomic E-state index is -1.22. The first-order valence-electron chi connectivity index (χ1n) is 11.8. The molecule has 1 amide bonds. The Morgan fingerprint density at radius 3 is 2.81 bits per heavy atom. The fraction of sp³-hybridized carbons (Fsp3) is 0.400. The highest BCUT2D eigenvalue weighted by molar-refractivity contribution is 6.76. The minimum absolute atomic E-state index is 0.168. The van der Waals surface area contributed by atoms with Gasteiger partial charge in [0.15, 0.2) is 5.65 Å².